The molecule has 0 heterocycles. The van der Waals surface area contributed by atoms with Crippen LogP contribution in [0.3, 0.4) is 0 Å². The van der Waals surface area contributed by atoms with E-state index in [1.54, 1.807) is 12.1 Å². The molecule has 1 nitrogen and oxygen atoms in total. The SMILES string of the molecule is O[C@@H](C#CCCc1ccccc1)c1ccc(F)cc1. The summed E-state index contributed by atoms with van der Waals surface area (Å²) < 4.78 is 12.7. The number of aryl methyl sites for hydroxylation is 1. The molecule has 1 N–H and O–H groups in total. The number of rotatable bonds is 3. The van der Waals surface area contributed by atoms with E-state index in [0.717, 1.165) is 6.42 Å². The highest BCUT2D eigenvalue weighted by Crippen LogP contribution is 2.12. The minimum absolute atomic E-state index is 0.312. The van der Waals surface area contributed by atoms with E-state index in [0.29, 0.717) is 12.0 Å². The number of hydrogen-bond acceptors (Lipinski definition) is 1. The molecule has 0 unspecified atom stereocenters. The second-order valence-electron chi connectivity index (χ2n) is 4.26. The monoisotopic (exact) mass is 254 g/mol. The van der Waals surface area contributed by atoms with Crippen molar-refractivity contribution in [3.63, 3.8) is 0 Å². The normalized spacial score (nSPS) is 11.5. The summed E-state index contributed by atoms with van der Waals surface area (Å²) >= 11 is 0. The van der Waals surface area contributed by atoms with Gasteiger partial charge in [0.15, 0.2) is 0 Å². The first-order chi connectivity index (χ1) is 9.25. The Labute approximate surface area is 112 Å². The van der Waals surface area contributed by atoms with Gasteiger partial charge < -0.3 is 5.11 Å². The first kappa shape index (κ1) is 13.3. The maximum Gasteiger partial charge on any atom is 0.140 e. The van der Waals surface area contributed by atoms with E-state index in [4.69, 9.17) is 0 Å². The number of benzene rings is 2. The van der Waals surface area contributed by atoms with E-state index < -0.39 is 6.10 Å². The van der Waals surface area contributed by atoms with Gasteiger partial charge in [0, 0.05) is 6.42 Å². The minimum Gasteiger partial charge on any atom is -0.376 e. The molecule has 0 aromatic heterocycles. The summed E-state index contributed by atoms with van der Waals surface area (Å²) in [7, 11) is 0. The van der Waals surface area contributed by atoms with Crippen LogP contribution in [0.4, 0.5) is 4.39 Å². The molecule has 0 spiro atoms. The zero-order chi connectivity index (χ0) is 13.5. The largest absolute Gasteiger partial charge is 0.376 e. The van der Waals surface area contributed by atoms with Crippen molar-refractivity contribution in [1.82, 2.24) is 0 Å². The highest BCUT2D eigenvalue weighted by Gasteiger charge is 2.02. The smallest absolute Gasteiger partial charge is 0.140 e. The van der Waals surface area contributed by atoms with Crippen LogP contribution in [0.1, 0.15) is 23.7 Å². The Morgan fingerprint density at radius 1 is 1.00 bits per heavy atom. The molecular weight excluding hydrogens is 239 g/mol. The molecule has 1 atom stereocenters. The van der Waals surface area contributed by atoms with Crippen LogP contribution in [0.15, 0.2) is 54.6 Å². The third-order valence-corrected chi connectivity index (χ3v) is 2.81. The molecule has 0 aliphatic rings. The predicted octanol–water partition coefficient (Wildman–Crippen LogP) is 3.50. The molecule has 2 aromatic rings. The van der Waals surface area contributed by atoms with E-state index in [9.17, 15) is 9.50 Å². The van der Waals surface area contributed by atoms with Crippen LogP contribution in [-0.4, -0.2) is 5.11 Å². The zero-order valence-corrected chi connectivity index (χ0v) is 10.5. The van der Waals surface area contributed by atoms with Gasteiger partial charge in [-0.3, -0.25) is 0 Å². The molecule has 0 radical (unpaired) electrons. The van der Waals surface area contributed by atoms with Crippen LogP contribution >= 0.6 is 0 Å². The van der Waals surface area contributed by atoms with Crippen molar-refractivity contribution < 1.29 is 9.50 Å². The summed E-state index contributed by atoms with van der Waals surface area (Å²) in [5, 5.41) is 9.81. The molecule has 2 heteroatoms. The van der Waals surface area contributed by atoms with Crippen LogP contribution in [-0.2, 0) is 6.42 Å². The van der Waals surface area contributed by atoms with Gasteiger partial charge in [-0.25, -0.2) is 4.39 Å². The molecule has 0 amide bonds. The number of halogens is 1. The van der Waals surface area contributed by atoms with Gasteiger partial charge in [0.05, 0.1) is 0 Å². The molecule has 2 rings (SSSR count). The standard InChI is InChI=1S/C17H15FO/c18-16-12-10-15(11-13-16)17(19)9-5-4-8-14-6-2-1-3-7-14/h1-3,6-7,10-13,17,19H,4,8H2/t17-/m0/s1. The molecule has 0 bridgehead atoms. The fourth-order valence-corrected chi connectivity index (χ4v) is 1.75. The van der Waals surface area contributed by atoms with Gasteiger partial charge >= 0.3 is 0 Å². The molecule has 96 valence electrons. The van der Waals surface area contributed by atoms with Crippen LogP contribution in [0.5, 0.6) is 0 Å². The van der Waals surface area contributed by atoms with Crippen molar-refractivity contribution in [2.24, 2.45) is 0 Å². The highest BCUT2D eigenvalue weighted by molar-refractivity contribution is 5.25. The van der Waals surface area contributed by atoms with E-state index in [2.05, 4.69) is 24.0 Å². The molecule has 0 saturated carbocycles. The lowest BCUT2D eigenvalue weighted by atomic mass is 10.1. The molecule has 2 aromatic carbocycles. The summed E-state index contributed by atoms with van der Waals surface area (Å²) in [6.07, 6.45) is 0.711. The van der Waals surface area contributed by atoms with Crippen molar-refractivity contribution in [3.8, 4) is 11.8 Å². The van der Waals surface area contributed by atoms with Gasteiger partial charge in [0.25, 0.3) is 0 Å². The highest BCUT2D eigenvalue weighted by atomic mass is 19.1. The first-order valence-corrected chi connectivity index (χ1v) is 6.21. The number of hydrogen-bond donors (Lipinski definition) is 1. The Balaban J connectivity index is 1.88. The fraction of sp³-hybridized carbons (Fsp3) is 0.176. The molecule has 0 aliphatic heterocycles. The summed E-state index contributed by atoms with van der Waals surface area (Å²) in [6.45, 7) is 0. The molecule has 0 aliphatic carbocycles. The Bertz CT molecular complexity index is 564. The van der Waals surface area contributed by atoms with Crippen LogP contribution in [0, 0.1) is 17.7 Å². The van der Waals surface area contributed by atoms with Gasteiger partial charge in [-0.15, -0.1) is 0 Å². The minimum atomic E-state index is -0.851. The van der Waals surface area contributed by atoms with E-state index in [1.807, 2.05) is 18.2 Å². The van der Waals surface area contributed by atoms with Gasteiger partial charge in [0.1, 0.15) is 11.9 Å². The summed E-state index contributed by atoms with van der Waals surface area (Å²) in [5.74, 6) is 5.41. The summed E-state index contributed by atoms with van der Waals surface area (Å²) in [6, 6.07) is 15.8. The average Bonchev–Trinajstić information content (AvgIpc) is 2.45. The Hall–Kier alpha value is -2.11. The van der Waals surface area contributed by atoms with Crippen molar-refractivity contribution in [2.45, 2.75) is 18.9 Å². The van der Waals surface area contributed by atoms with Gasteiger partial charge in [0.2, 0.25) is 0 Å². The van der Waals surface area contributed by atoms with Crippen molar-refractivity contribution in [2.75, 3.05) is 0 Å². The Morgan fingerprint density at radius 3 is 2.37 bits per heavy atom. The molecular formula is C17H15FO. The van der Waals surface area contributed by atoms with Crippen LogP contribution in [0.25, 0.3) is 0 Å². The third kappa shape index (κ3) is 4.24. The van der Waals surface area contributed by atoms with Crippen molar-refractivity contribution in [3.05, 3.63) is 71.5 Å². The molecule has 0 saturated heterocycles. The number of aliphatic hydroxyl groups is 1. The maximum atomic E-state index is 12.7. The first-order valence-electron chi connectivity index (χ1n) is 6.21. The van der Waals surface area contributed by atoms with Crippen LogP contribution < -0.4 is 0 Å². The van der Waals surface area contributed by atoms with E-state index >= 15 is 0 Å². The van der Waals surface area contributed by atoms with Gasteiger partial charge in [-0.05, 0) is 29.7 Å². The summed E-state index contributed by atoms with van der Waals surface area (Å²) in [5.41, 5.74) is 1.85. The fourth-order valence-electron chi connectivity index (χ4n) is 1.75. The topological polar surface area (TPSA) is 20.2 Å². The number of aliphatic hydroxyl groups excluding tert-OH is 1. The van der Waals surface area contributed by atoms with E-state index in [1.165, 1.54) is 17.7 Å². The quantitative estimate of drug-likeness (QED) is 0.831. The lowest BCUT2D eigenvalue weighted by Gasteiger charge is -2.02. The zero-order valence-electron chi connectivity index (χ0n) is 10.5. The summed E-state index contributed by atoms with van der Waals surface area (Å²) in [4.78, 5) is 0. The third-order valence-electron chi connectivity index (χ3n) is 2.81. The second-order valence-corrected chi connectivity index (χ2v) is 4.26. The van der Waals surface area contributed by atoms with Crippen molar-refractivity contribution >= 4 is 0 Å². The molecule has 19 heavy (non-hydrogen) atoms. The Morgan fingerprint density at radius 2 is 1.68 bits per heavy atom. The van der Waals surface area contributed by atoms with Crippen molar-refractivity contribution in [1.29, 1.82) is 0 Å². The maximum absolute atomic E-state index is 12.7. The predicted molar refractivity (Wildman–Crippen MR) is 73.9 cm³/mol. The van der Waals surface area contributed by atoms with E-state index in [-0.39, 0.29) is 5.82 Å². The van der Waals surface area contributed by atoms with Gasteiger partial charge in [-0.1, -0.05) is 54.3 Å². The van der Waals surface area contributed by atoms with Crippen LogP contribution in [0.2, 0.25) is 0 Å². The lowest BCUT2D eigenvalue weighted by molar-refractivity contribution is 0.238. The Kier molecular flexibility index (Phi) is 4.72. The van der Waals surface area contributed by atoms with Gasteiger partial charge in [-0.2, -0.15) is 0 Å². The average molecular weight is 254 g/mol. The second kappa shape index (κ2) is 6.72. The lowest BCUT2D eigenvalue weighted by Crippen LogP contribution is -1.93. The molecule has 0 fully saturated rings.